The number of hydrogen-bond donors (Lipinski definition) is 0. The Balaban J connectivity index is 1.54. The number of aryl methyl sites for hydroxylation is 1. The summed E-state index contributed by atoms with van der Waals surface area (Å²) in [5.41, 5.74) is 1.07. The fourth-order valence-electron chi connectivity index (χ4n) is 2.54. The van der Waals surface area contributed by atoms with E-state index in [1.165, 1.54) is 0 Å². The molecule has 0 unspecified atom stereocenters. The van der Waals surface area contributed by atoms with Crippen LogP contribution in [0, 0.1) is 6.92 Å². The molecule has 3 rings (SSSR count). The number of carbonyl (C=O) groups excluding carboxylic acids is 1. The predicted octanol–water partition coefficient (Wildman–Crippen LogP) is 1.94. The van der Waals surface area contributed by atoms with Crippen molar-refractivity contribution >= 4 is 5.91 Å². The van der Waals surface area contributed by atoms with Crippen molar-refractivity contribution < 1.29 is 9.21 Å². The second kappa shape index (κ2) is 6.10. The maximum absolute atomic E-state index is 12.3. The number of hydrogen-bond acceptors (Lipinski definition) is 4. The number of aromatic nitrogens is 1. The van der Waals surface area contributed by atoms with Crippen LogP contribution in [0.5, 0.6) is 0 Å². The van der Waals surface area contributed by atoms with Gasteiger partial charge >= 0.3 is 0 Å². The van der Waals surface area contributed by atoms with E-state index in [1.54, 1.807) is 6.07 Å². The number of furan rings is 1. The lowest BCUT2D eigenvalue weighted by Crippen LogP contribution is -2.48. The van der Waals surface area contributed by atoms with Gasteiger partial charge in [-0.05, 0) is 31.2 Å². The minimum Gasteiger partial charge on any atom is -0.456 e. The summed E-state index contributed by atoms with van der Waals surface area (Å²) in [7, 11) is 0. The number of amides is 1. The van der Waals surface area contributed by atoms with Crippen LogP contribution < -0.4 is 0 Å². The van der Waals surface area contributed by atoms with Crippen molar-refractivity contribution in [3.8, 4) is 0 Å². The average Bonchev–Trinajstić information content (AvgIpc) is 2.95. The molecule has 1 saturated heterocycles. The van der Waals surface area contributed by atoms with Gasteiger partial charge in [-0.15, -0.1) is 0 Å². The van der Waals surface area contributed by atoms with Crippen LogP contribution in [0.2, 0.25) is 0 Å². The molecule has 0 bridgehead atoms. The van der Waals surface area contributed by atoms with E-state index < -0.39 is 0 Å². The third kappa shape index (κ3) is 3.31. The third-order valence-corrected chi connectivity index (χ3v) is 3.72. The van der Waals surface area contributed by atoms with Gasteiger partial charge < -0.3 is 9.32 Å². The number of rotatable bonds is 3. The smallest absolute Gasteiger partial charge is 0.289 e. The first-order chi connectivity index (χ1) is 10.2. The Morgan fingerprint density at radius 2 is 2.00 bits per heavy atom. The number of piperazine rings is 1. The molecule has 0 spiro atoms. The van der Waals surface area contributed by atoms with E-state index in [4.69, 9.17) is 4.42 Å². The van der Waals surface area contributed by atoms with E-state index in [9.17, 15) is 4.79 Å². The Labute approximate surface area is 124 Å². The van der Waals surface area contributed by atoms with Gasteiger partial charge in [0.1, 0.15) is 5.76 Å². The Morgan fingerprint density at radius 1 is 1.19 bits per heavy atom. The highest BCUT2D eigenvalue weighted by Gasteiger charge is 2.24. The molecule has 2 aromatic heterocycles. The monoisotopic (exact) mass is 285 g/mol. The van der Waals surface area contributed by atoms with Gasteiger partial charge in [0.25, 0.3) is 5.91 Å². The van der Waals surface area contributed by atoms with E-state index >= 15 is 0 Å². The third-order valence-electron chi connectivity index (χ3n) is 3.72. The quantitative estimate of drug-likeness (QED) is 0.865. The van der Waals surface area contributed by atoms with Crippen LogP contribution in [0.15, 0.2) is 40.9 Å². The summed E-state index contributed by atoms with van der Waals surface area (Å²) < 4.78 is 5.41. The molecular formula is C16H19N3O2. The maximum Gasteiger partial charge on any atom is 0.289 e. The minimum absolute atomic E-state index is 0.0133. The summed E-state index contributed by atoms with van der Waals surface area (Å²) >= 11 is 0. The maximum atomic E-state index is 12.3. The number of nitrogens with zero attached hydrogens (tertiary/aromatic N) is 3. The molecule has 0 radical (unpaired) electrons. The lowest BCUT2D eigenvalue weighted by Gasteiger charge is -2.34. The van der Waals surface area contributed by atoms with Gasteiger partial charge in [0.2, 0.25) is 0 Å². The molecule has 5 nitrogen and oxygen atoms in total. The Kier molecular flexibility index (Phi) is 4.01. The zero-order chi connectivity index (χ0) is 14.7. The molecule has 0 aliphatic carbocycles. The molecule has 21 heavy (non-hydrogen) atoms. The molecule has 0 atom stereocenters. The molecule has 110 valence electrons. The van der Waals surface area contributed by atoms with Gasteiger partial charge in [0.05, 0.1) is 5.69 Å². The molecule has 1 amide bonds. The normalized spacial score (nSPS) is 16.1. The van der Waals surface area contributed by atoms with E-state index in [0.717, 1.165) is 44.2 Å². The van der Waals surface area contributed by atoms with E-state index in [2.05, 4.69) is 9.88 Å². The standard InChI is InChI=1S/C16H19N3O2/c1-13-5-6-15(21-13)16(20)19-10-8-18(9-11-19)12-14-4-2-3-7-17-14/h2-7H,8-12H2,1H3. The van der Waals surface area contributed by atoms with E-state index in [-0.39, 0.29) is 5.91 Å². The molecular weight excluding hydrogens is 266 g/mol. The van der Waals surface area contributed by atoms with Gasteiger partial charge in [-0.25, -0.2) is 0 Å². The highest BCUT2D eigenvalue weighted by molar-refractivity contribution is 5.91. The van der Waals surface area contributed by atoms with Crippen molar-refractivity contribution in [2.75, 3.05) is 26.2 Å². The van der Waals surface area contributed by atoms with Crippen molar-refractivity contribution in [3.05, 3.63) is 53.7 Å². The predicted molar refractivity (Wildman–Crippen MR) is 78.9 cm³/mol. The van der Waals surface area contributed by atoms with Crippen LogP contribution in [0.25, 0.3) is 0 Å². The lowest BCUT2D eigenvalue weighted by molar-refractivity contribution is 0.0595. The molecule has 1 fully saturated rings. The zero-order valence-electron chi connectivity index (χ0n) is 12.2. The van der Waals surface area contributed by atoms with Crippen LogP contribution in [-0.4, -0.2) is 46.9 Å². The molecule has 1 aliphatic heterocycles. The van der Waals surface area contributed by atoms with Crippen molar-refractivity contribution in [1.82, 2.24) is 14.8 Å². The van der Waals surface area contributed by atoms with E-state index in [0.29, 0.717) is 5.76 Å². The topological polar surface area (TPSA) is 49.6 Å². The molecule has 0 N–H and O–H groups in total. The fourth-order valence-corrected chi connectivity index (χ4v) is 2.54. The minimum atomic E-state index is -0.0133. The molecule has 0 aromatic carbocycles. The van der Waals surface area contributed by atoms with Crippen LogP contribution >= 0.6 is 0 Å². The first-order valence-electron chi connectivity index (χ1n) is 7.20. The van der Waals surface area contributed by atoms with Gasteiger partial charge in [0, 0.05) is 38.9 Å². The zero-order valence-corrected chi connectivity index (χ0v) is 12.2. The fraction of sp³-hybridized carbons (Fsp3) is 0.375. The second-order valence-electron chi connectivity index (χ2n) is 5.30. The summed E-state index contributed by atoms with van der Waals surface area (Å²) in [5.74, 6) is 1.19. The first-order valence-corrected chi connectivity index (χ1v) is 7.20. The van der Waals surface area contributed by atoms with Crippen LogP contribution in [0.1, 0.15) is 22.0 Å². The summed E-state index contributed by atoms with van der Waals surface area (Å²) in [6.07, 6.45) is 1.81. The van der Waals surface area contributed by atoms with Crippen LogP contribution in [0.4, 0.5) is 0 Å². The average molecular weight is 285 g/mol. The summed E-state index contributed by atoms with van der Waals surface area (Å²) in [5, 5.41) is 0. The second-order valence-corrected chi connectivity index (χ2v) is 5.30. The molecule has 0 saturated carbocycles. The van der Waals surface area contributed by atoms with Crippen molar-refractivity contribution in [3.63, 3.8) is 0 Å². The highest BCUT2D eigenvalue weighted by Crippen LogP contribution is 2.13. The van der Waals surface area contributed by atoms with Gasteiger partial charge in [-0.3, -0.25) is 14.7 Å². The Morgan fingerprint density at radius 3 is 2.62 bits per heavy atom. The summed E-state index contributed by atoms with van der Waals surface area (Å²) in [4.78, 5) is 20.8. The van der Waals surface area contributed by atoms with Gasteiger partial charge in [0.15, 0.2) is 5.76 Å². The van der Waals surface area contributed by atoms with E-state index in [1.807, 2.05) is 42.3 Å². The van der Waals surface area contributed by atoms with Gasteiger partial charge in [-0.2, -0.15) is 0 Å². The number of carbonyl (C=O) groups is 1. The molecule has 1 aliphatic rings. The van der Waals surface area contributed by atoms with Crippen molar-refractivity contribution in [2.24, 2.45) is 0 Å². The van der Waals surface area contributed by atoms with Crippen LogP contribution in [-0.2, 0) is 6.54 Å². The van der Waals surface area contributed by atoms with Crippen molar-refractivity contribution in [1.29, 1.82) is 0 Å². The van der Waals surface area contributed by atoms with Crippen LogP contribution in [0.3, 0.4) is 0 Å². The molecule has 5 heteroatoms. The SMILES string of the molecule is Cc1ccc(C(=O)N2CCN(Cc3ccccn3)CC2)o1. The van der Waals surface area contributed by atoms with Crippen molar-refractivity contribution in [2.45, 2.75) is 13.5 Å². The molecule has 2 aromatic rings. The highest BCUT2D eigenvalue weighted by atomic mass is 16.3. The summed E-state index contributed by atoms with van der Waals surface area (Å²) in [6.45, 7) is 5.87. The summed E-state index contributed by atoms with van der Waals surface area (Å²) in [6, 6.07) is 9.53. The largest absolute Gasteiger partial charge is 0.456 e. The number of pyridine rings is 1. The first kappa shape index (κ1) is 13.8. The van der Waals surface area contributed by atoms with Gasteiger partial charge in [-0.1, -0.05) is 6.07 Å². The Hall–Kier alpha value is -2.14. The lowest BCUT2D eigenvalue weighted by atomic mass is 10.2. The molecule has 3 heterocycles. The Bertz CT molecular complexity index is 601.